The lowest BCUT2D eigenvalue weighted by atomic mass is 10.0. The number of nitrogens with zero attached hydrogens (tertiary/aromatic N) is 3. The van der Waals surface area contributed by atoms with Crippen molar-refractivity contribution in [2.75, 3.05) is 0 Å². The van der Waals surface area contributed by atoms with Gasteiger partial charge >= 0.3 is 0 Å². The van der Waals surface area contributed by atoms with E-state index in [1.54, 1.807) is 4.68 Å². The summed E-state index contributed by atoms with van der Waals surface area (Å²) >= 11 is 2.27. The zero-order chi connectivity index (χ0) is 11.8. The number of benzene rings is 1. The second-order valence-electron chi connectivity index (χ2n) is 4.25. The molecular formula is C11H13IN4. The van der Waals surface area contributed by atoms with Crippen molar-refractivity contribution >= 4 is 22.6 Å². The predicted molar refractivity (Wildman–Crippen MR) is 71.3 cm³/mol. The SMILES string of the molecule is CC(C)(N)c1cn(-c2ccc(I)cc2)nn1. The van der Waals surface area contributed by atoms with Crippen LogP contribution in [0.5, 0.6) is 0 Å². The first kappa shape index (κ1) is 11.5. The molecule has 0 fully saturated rings. The summed E-state index contributed by atoms with van der Waals surface area (Å²) in [4.78, 5) is 0. The quantitative estimate of drug-likeness (QED) is 0.859. The molecule has 4 nitrogen and oxygen atoms in total. The molecule has 0 atom stereocenters. The Balaban J connectivity index is 2.35. The lowest BCUT2D eigenvalue weighted by Crippen LogP contribution is -2.29. The molecule has 0 amide bonds. The van der Waals surface area contributed by atoms with Crippen LogP contribution in [0.1, 0.15) is 19.5 Å². The van der Waals surface area contributed by atoms with E-state index in [1.807, 2.05) is 44.3 Å². The van der Waals surface area contributed by atoms with Gasteiger partial charge in [-0.05, 0) is 60.7 Å². The largest absolute Gasteiger partial charge is 0.320 e. The summed E-state index contributed by atoms with van der Waals surface area (Å²) in [6.07, 6.45) is 1.86. The van der Waals surface area contributed by atoms with Crippen molar-refractivity contribution in [3.63, 3.8) is 0 Å². The molecule has 0 aliphatic heterocycles. The monoisotopic (exact) mass is 328 g/mol. The molecule has 2 rings (SSSR count). The minimum atomic E-state index is -0.457. The minimum Gasteiger partial charge on any atom is -0.320 e. The second kappa shape index (κ2) is 4.14. The number of hydrogen-bond acceptors (Lipinski definition) is 3. The highest BCUT2D eigenvalue weighted by Gasteiger charge is 2.18. The van der Waals surface area contributed by atoms with Crippen molar-refractivity contribution in [1.29, 1.82) is 0 Å². The summed E-state index contributed by atoms with van der Waals surface area (Å²) in [5, 5.41) is 8.14. The van der Waals surface area contributed by atoms with Crippen LogP contribution in [0.2, 0.25) is 0 Å². The topological polar surface area (TPSA) is 56.7 Å². The molecule has 0 aliphatic rings. The molecule has 1 heterocycles. The fraction of sp³-hybridized carbons (Fsp3) is 0.273. The van der Waals surface area contributed by atoms with Crippen LogP contribution in [0.4, 0.5) is 0 Å². The maximum atomic E-state index is 5.96. The molecular weight excluding hydrogens is 315 g/mol. The third-order valence-electron chi connectivity index (χ3n) is 2.24. The van der Waals surface area contributed by atoms with Crippen LogP contribution in [-0.2, 0) is 5.54 Å². The molecule has 0 saturated carbocycles. The maximum absolute atomic E-state index is 5.96. The maximum Gasteiger partial charge on any atom is 0.102 e. The van der Waals surface area contributed by atoms with Gasteiger partial charge in [0.15, 0.2) is 0 Å². The molecule has 0 bridgehead atoms. The highest BCUT2D eigenvalue weighted by Crippen LogP contribution is 2.15. The molecule has 1 aromatic carbocycles. The van der Waals surface area contributed by atoms with Crippen LogP contribution in [0.3, 0.4) is 0 Å². The Kier molecular flexibility index (Phi) is 2.98. The number of rotatable bonds is 2. The summed E-state index contributed by atoms with van der Waals surface area (Å²) in [6, 6.07) is 8.07. The number of aromatic nitrogens is 3. The number of nitrogens with two attached hydrogens (primary N) is 1. The van der Waals surface area contributed by atoms with E-state index >= 15 is 0 Å². The van der Waals surface area contributed by atoms with Gasteiger partial charge in [-0.3, -0.25) is 0 Å². The molecule has 0 aliphatic carbocycles. The molecule has 0 unspecified atom stereocenters. The van der Waals surface area contributed by atoms with Crippen molar-refractivity contribution < 1.29 is 0 Å². The standard InChI is InChI=1S/C11H13IN4/c1-11(2,13)10-7-16(15-14-10)9-5-3-8(12)4-6-9/h3-7H,13H2,1-2H3. The van der Waals surface area contributed by atoms with Gasteiger partial charge < -0.3 is 5.73 Å². The van der Waals surface area contributed by atoms with Gasteiger partial charge in [-0.1, -0.05) is 5.21 Å². The third kappa shape index (κ3) is 2.41. The highest BCUT2D eigenvalue weighted by atomic mass is 127. The molecule has 84 valence electrons. The lowest BCUT2D eigenvalue weighted by molar-refractivity contribution is 0.533. The molecule has 0 saturated heterocycles. The Bertz CT molecular complexity index is 481. The fourth-order valence-electron chi connectivity index (χ4n) is 1.28. The van der Waals surface area contributed by atoms with Gasteiger partial charge in [0.25, 0.3) is 0 Å². The smallest absolute Gasteiger partial charge is 0.102 e. The fourth-order valence-corrected chi connectivity index (χ4v) is 1.64. The molecule has 2 aromatic rings. The van der Waals surface area contributed by atoms with Crippen molar-refractivity contribution in [2.45, 2.75) is 19.4 Å². The van der Waals surface area contributed by atoms with E-state index in [4.69, 9.17) is 5.73 Å². The Morgan fingerprint density at radius 2 is 1.88 bits per heavy atom. The Hall–Kier alpha value is -0.950. The molecule has 1 aromatic heterocycles. The van der Waals surface area contributed by atoms with Gasteiger partial charge in [-0.15, -0.1) is 5.10 Å². The highest BCUT2D eigenvalue weighted by molar-refractivity contribution is 14.1. The van der Waals surface area contributed by atoms with Crippen molar-refractivity contribution in [3.8, 4) is 5.69 Å². The first-order valence-corrected chi connectivity index (χ1v) is 6.02. The van der Waals surface area contributed by atoms with E-state index in [0.717, 1.165) is 11.4 Å². The van der Waals surface area contributed by atoms with E-state index in [0.29, 0.717) is 0 Å². The average molecular weight is 328 g/mol. The van der Waals surface area contributed by atoms with Crippen LogP contribution in [-0.4, -0.2) is 15.0 Å². The predicted octanol–water partition coefficient (Wildman–Crippen LogP) is 2.07. The van der Waals surface area contributed by atoms with E-state index in [9.17, 15) is 0 Å². The van der Waals surface area contributed by atoms with Crippen LogP contribution >= 0.6 is 22.6 Å². The van der Waals surface area contributed by atoms with Gasteiger partial charge in [0, 0.05) is 3.57 Å². The van der Waals surface area contributed by atoms with Crippen LogP contribution in [0.15, 0.2) is 30.5 Å². The van der Waals surface area contributed by atoms with Gasteiger partial charge in [0.2, 0.25) is 0 Å². The Morgan fingerprint density at radius 1 is 1.25 bits per heavy atom. The normalized spacial score (nSPS) is 11.8. The van der Waals surface area contributed by atoms with Crippen LogP contribution in [0, 0.1) is 3.57 Å². The van der Waals surface area contributed by atoms with Crippen molar-refractivity contribution in [1.82, 2.24) is 15.0 Å². The first-order chi connectivity index (χ1) is 7.47. The van der Waals surface area contributed by atoms with E-state index in [2.05, 4.69) is 32.9 Å². The third-order valence-corrected chi connectivity index (χ3v) is 2.96. The zero-order valence-electron chi connectivity index (χ0n) is 9.18. The van der Waals surface area contributed by atoms with Gasteiger partial charge in [-0.2, -0.15) is 0 Å². The second-order valence-corrected chi connectivity index (χ2v) is 5.49. The van der Waals surface area contributed by atoms with Gasteiger partial charge in [0.05, 0.1) is 17.4 Å². The first-order valence-electron chi connectivity index (χ1n) is 4.94. The Labute approximate surface area is 108 Å². The number of halogens is 1. The summed E-state index contributed by atoms with van der Waals surface area (Å²) in [5.74, 6) is 0. The summed E-state index contributed by atoms with van der Waals surface area (Å²) in [6.45, 7) is 3.82. The molecule has 5 heteroatoms. The van der Waals surface area contributed by atoms with Gasteiger partial charge in [0.1, 0.15) is 5.69 Å². The summed E-state index contributed by atoms with van der Waals surface area (Å²) in [5.41, 5.74) is 7.27. The summed E-state index contributed by atoms with van der Waals surface area (Å²) in [7, 11) is 0. The van der Waals surface area contributed by atoms with Gasteiger partial charge in [-0.25, -0.2) is 4.68 Å². The summed E-state index contributed by atoms with van der Waals surface area (Å²) < 4.78 is 2.93. The zero-order valence-corrected chi connectivity index (χ0v) is 11.3. The van der Waals surface area contributed by atoms with Crippen LogP contribution in [0.25, 0.3) is 5.69 Å². The Morgan fingerprint density at radius 3 is 2.38 bits per heavy atom. The molecule has 2 N–H and O–H groups in total. The van der Waals surface area contributed by atoms with Crippen molar-refractivity contribution in [3.05, 3.63) is 39.7 Å². The van der Waals surface area contributed by atoms with E-state index in [1.165, 1.54) is 3.57 Å². The lowest BCUT2D eigenvalue weighted by Gasteiger charge is -2.13. The molecule has 16 heavy (non-hydrogen) atoms. The minimum absolute atomic E-state index is 0.457. The molecule has 0 spiro atoms. The number of hydrogen-bond donors (Lipinski definition) is 1. The molecule has 0 radical (unpaired) electrons. The van der Waals surface area contributed by atoms with E-state index in [-0.39, 0.29) is 0 Å². The average Bonchev–Trinajstić information content (AvgIpc) is 2.67. The van der Waals surface area contributed by atoms with E-state index < -0.39 is 5.54 Å². The van der Waals surface area contributed by atoms with Crippen LogP contribution < -0.4 is 5.73 Å². The van der Waals surface area contributed by atoms with Crippen molar-refractivity contribution in [2.24, 2.45) is 5.73 Å².